The van der Waals surface area contributed by atoms with Crippen LogP contribution in [0.4, 0.5) is 5.82 Å². The molecule has 2 heterocycles. The van der Waals surface area contributed by atoms with Crippen molar-refractivity contribution in [2.75, 3.05) is 18.0 Å². The summed E-state index contributed by atoms with van der Waals surface area (Å²) < 4.78 is 0. The van der Waals surface area contributed by atoms with E-state index in [0.717, 1.165) is 30.3 Å². The predicted molar refractivity (Wildman–Crippen MR) is 70.1 cm³/mol. The van der Waals surface area contributed by atoms with Gasteiger partial charge in [0.1, 0.15) is 5.82 Å². The molecule has 1 fully saturated rings. The summed E-state index contributed by atoms with van der Waals surface area (Å²) in [5, 5.41) is 0. The molecule has 2 unspecified atom stereocenters. The second kappa shape index (κ2) is 5.00. The van der Waals surface area contributed by atoms with Crippen LogP contribution in [0, 0.1) is 19.8 Å². The van der Waals surface area contributed by atoms with E-state index < -0.39 is 0 Å². The molecule has 0 bridgehead atoms. The number of hydrogen-bond acceptors (Lipinski definition) is 4. The number of aryl methyl sites for hydroxylation is 2. The number of rotatable bonds is 2. The number of aromatic nitrogens is 2. The largest absolute Gasteiger partial charge is 0.355 e. The standard InChI is InChI=1S/C13H22N4/c1-9(14)12-5-4-6-17(8-12)13-7-15-10(2)11(3)16-13/h7,9,12H,4-6,8,14H2,1-3H3. The van der Waals surface area contributed by atoms with Crippen LogP contribution in [0.2, 0.25) is 0 Å². The SMILES string of the molecule is Cc1ncc(N2CCCC(C(C)N)C2)nc1C. The molecule has 0 radical (unpaired) electrons. The lowest BCUT2D eigenvalue weighted by Gasteiger charge is -2.35. The maximum absolute atomic E-state index is 6.00. The van der Waals surface area contributed by atoms with Gasteiger partial charge in [-0.3, -0.25) is 4.98 Å². The third kappa shape index (κ3) is 2.75. The number of hydrogen-bond donors (Lipinski definition) is 1. The van der Waals surface area contributed by atoms with Crippen molar-refractivity contribution in [1.29, 1.82) is 0 Å². The fraction of sp³-hybridized carbons (Fsp3) is 0.692. The molecule has 17 heavy (non-hydrogen) atoms. The zero-order valence-corrected chi connectivity index (χ0v) is 11.0. The lowest BCUT2D eigenvalue weighted by Crippen LogP contribution is -2.42. The average molecular weight is 234 g/mol. The topological polar surface area (TPSA) is 55.0 Å². The van der Waals surface area contributed by atoms with Crippen LogP contribution in [0.5, 0.6) is 0 Å². The summed E-state index contributed by atoms with van der Waals surface area (Å²) in [6.07, 6.45) is 4.30. The van der Waals surface area contributed by atoms with Crippen molar-refractivity contribution in [2.24, 2.45) is 11.7 Å². The Labute approximate surface area is 103 Å². The number of nitrogens with zero attached hydrogens (tertiary/aromatic N) is 3. The molecule has 4 nitrogen and oxygen atoms in total. The first-order chi connectivity index (χ1) is 8.08. The van der Waals surface area contributed by atoms with E-state index in [1.807, 2.05) is 20.0 Å². The minimum atomic E-state index is 0.261. The molecular formula is C13H22N4. The zero-order valence-electron chi connectivity index (χ0n) is 11.0. The van der Waals surface area contributed by atoms with E-state index in [1.165, 1.54) is 12.8 Å². The smallest absolute Gasteiger partial charge is 0.147 e. The second-order valence-electron chi connectivity index (χ2n) is 5.11. The van der Waals surface area contributed by atoms with Crippen LogP contribution in [0.1, 0.15) is 31.2 Å². The lowest BCUT2D eigenvalue weighted by atomic mass is 9.92. The van der Waals surface area contributed by atoms with Gasteiger partial charge >= 0.3 is 0 Å². The summed E-state index contributed by atoms with van der Waals surface area (Å²) in [4.78, 5) is 11.3. The third-order valence-electron chi connectivity index (χ3n) is 3.70. The quantitative estimate of drug-likeness (QED) is 0.845. The van der Waals surface area contributed by atoms with Gasteiger partial charge in [-0.2, -0.15) is 0 Å². The summed E-state index contributed by atoms with van der Waals surface area (Å²) in [7, 11) is 0. The highest BCUT2D eigenvalue weighted by Crippen LogP contribution is 2.23. The van der Waals surface area contributed by atoms with Gasteiger partial charge in [0.05, 0.1) is 17.6 Å². The Bertz CT molecular complexity index is 389. The van der Waals surface area contributed by atoms with Gasteiger partial charge in [0.15, 0.2) is 0 Å². The molecule has 94 valence electrons. The van der Waals surface area contributed by atoms with Crippen molar-refractivity contribution < 1.29 is 0 Å². The normalized spacial score (nSPS) is 22.6. The predicted octanol–water partition coefficient (Wildman–Crippen LogP) is 1.66. The lowest BCUT2D eigenvalue weighted by molar-refractivity contribution is 0.363. The van der Waals surface area contributed by atoms with Crippen LogP contribution < -0.4 is 10.6 Å². The average Bonchev–Trinajstić information content (AvgIpc) is 2.33. The van der Waals surface area contributed by atoms with Crippen molar-refractivity contribution in [3.8, 4) is 0 Å². The summed E-state index contributed by atoms with van der Waals surface area (Å²) >= 11 is 0. The molecule has 4 heteroatoms. The number of anilines is 1. The van der Waals surface area contributed by atoms with Crippen LogP contribution in [0.25, 0.3) is 0 Å². The Morgan fingerprint density at radius 2 is 2.18 bits per heavy atom. The summed E-state index contributed by atoms with van der Waals surface area (Å²) in [5.74, 6) is 1.57. The van der Waals surface area contributed by atoms with Crippen LogP contribution in [0.3, 0.4) is 0 Å². The maximum atomic E-state index is 6.00. The molecule has 1 aromatic heterocycles. The van der Waals surface area contributed by atoms with Crippen LogP contribution in [-0.2, 0) is 0 Å². The van der Waals surface area contributed by atoms with Crippen molar-refractivity contribution in [1.82, 2.24) is 9.97 Å². The molecular weight excluding hydrogens is 212 g/mol. The summed E-state index contributed by atoms with van der Waals surface area (Å²) in [5.41, 5.74) is 8.03. The molecule has 1 aromatic rings. The van der Waals surface area contributed by atoms with E-state index in [0.29, 0.717) is 5.92 Å². The van der Waals surface area contributed by atoms with Crippen molar-refractivity contribution >= 4 is 5.82 Å². The Kier molecular flexibility index (Phi) is 3.62. The van der Waals surface area contributed by atoms with E-state index in [9.17, 15) is 0 Å². The van der Waals surface area contributed by atoms with Crippen molar-refractivity contribution in [3.63, 3.8) is 0 Å². The maximum Gasteiger partial charge on any atom is 0.147 e. The van der Waals surface area contributed by atoms with Crippen LogP contribution >= 0.6 is 0 Å². The number of nitrogens with two attached hydrogens (primary N) is 1. The molecule has 1 saturated heterocycles. The van der Waals surface area contributed by atoms with Gasteiger partial charge in [-0.15, -0.1) is 0 Å². The van der Waals surface area contributed by atoms with Gasteiger partial charge in [-0.1, -0.05) is 0 Å². The molecule has 1 aliphatic heterocycles. The minimum absolute atomic E-state index is 0.261. The molecule has 0 saturated carbocycles. The monoisotopic (exact) mass is 234 g/mol. The van der Waals surface area contributed by atoms with Crippen LogP contribution in [-0.4, -0.2) is 29.1 Å². The van der Waals surface area contributed by atoms with E-state index in [4.69, 9.17) is 5.73 Å². The molecule has 2 N–H and O–H groups in total. The number of piperidine rings is 1. The third-order valence-corrected chi connectivity index (χ3v) is 3.70. The Morgan fingerprint density at radius 3 is 2.82 bits per heavy atom. The fourth-order valence-electron chi connectivity index (χ4n) is 2.33. The van der Waals surface area contributed by atoms with Gasteiger partial charge in [0.2, 0.25) is 0 Å². The van der Waals surface area contributed by atoms with Gasteiger partial charge in [-0.25, -0.2) is 4.98 Å². The van der Waals surface area contributed by atoms with E-state index >= 15 is 0 Å². The highest BCUT2D eigenvalue weighted by Gasteiger charge is 2.23. The molecule has 0 spiro atoms. The van der Waals surface area contributed by atoms with E-state index in [1.54, 1.807) is 0 Å². The fourth-order valence-corrected chi connectivity index (χ4v) is 2.33. The van der Waals surface area contributed by atoms with Gasteiger partial charge < -0.3 is 10.6 Å². The molecule has 2 atom stereocenters. The zero-order chi connectivity index (χ0) is 12.4. The first-order valence-electron chi connectivity index (χ1n) is 6.38. The molecule has 1 aliphatic rings. The Balaban J connectivity index is 2.13. The Morgan fingerprint density at radius 1 is 1.41 bits per heavy atom. The summed E-state index contributed by atoms with van der Waals surface area (Å²) in [6, 6.07) is 0.261. The highest BCUT2D eigenvalue weighted by molar-refractivity contribution is 5.38. The summed E-state index contributed by atoms with van der Waals surface area (Å²) in [6.45, 7) is 8.18. The second-order valence-corrected chi connectivity index (χ2v) is 5.11. The van der Waals surface area contributed by atoms with Crippen molar-refractivity contribution in [3.05, 3.63) is 17.6 Å². The van der Waals surface area contributed by atoms with Crippen LogP contribution in [0.15, 0.2) is 6.20 Å². The molecule has 0 aliphatic carbocycles. The van der Waals surface area contributed by atoms with Gasteiger partial charge in [0.25, 0.3) is 0 Å². The van der Waals surface area contributed by atoms with E-state index in [-0.39, 0.29) is 6.04 Å². The highest BCUT2D eigenvalue weighted by atomic mass is 15.2. The first kappa shape index (κ1) is 12.3. The minimum Gasteiger partial charge on any atom is -0.355 e. The van der Waals surface area contributed by atoms with Crippen molar-refractivity contribution in [2.45, 2.75) is 39.7 Å². The Hall–Kier alpha value is -1.16. The van der Waals surface area contributed by atoms with Gasteiger partial charge in [0, 0.05) is 19.1 Å². The first-order valence-corrected chi connectivity index (χ1v) is 6.38. The van der Waals surface area contributed by atoms with E-state index in [2.05, 4.69) is 21.8 Å². The molecule has 0 amide bonds. The molecule has 2 rings (SSSR count). The molecule has 0 aromatic carbocycles. The van der Waals surface area contributed by atoms with Gasteiger partial charge in [-0.05, 0) is 39.5 Å².